The molecule has 204 valence electrons. The number of hydrogen-bond donors (Lipinski definition) is 3. The van der Waals surface area contributed by atoms with E-state index in [0.29, 0.717) is 28.3 Å². The van der Waals surface area contributed by atoms with E-state index in [0.717, 1.165) is 17.7 Å². The van der Waals surface area contributed by atoms with Crippen molar-refractivity contribution in [1.82, 2.24) is 20.4 Å². The van der Waals surface area contributed by atoms with Crippen molar-refractivity contribution in [3.8, 4) is 11.5 Å². The summed E-state index contributed by atoms with van der Waals surface area (Å²) in [4.78, 5) is 54.8. The number of nitrogens with one attached hydrogen (secondary N) is 3. The number of rotatable bonds is 4. The third kappa shape index (κ3) is 4.39. The SMILES string of the molecule is CNC(=O)Nc1ccc2c(c1)OCCC21NC(=O)N(CC(=O)N2Cc3cc(F)ccc3OC[C@H]2C2CC2)C1=O. The van der Waals surface area contributed by atoms with Crippen LogP contribution in [0.5, 0.6) is 11.5 Å². The summed E-state index contributed by atoms with van der Waals surface area (Å²) in [5, 5.41) is 7.91. The maximum absolute atomic E-state index is 14.0. The van der Waals surface area contributed by atoms with E-state index in [4.69, 9.17) is 9.47 Å². The summed E-state index contributed by atoms with van der Waals surface area (Å²) in [6.07, 6.45) is 2.08. The largest absolute Gasteiger partial charge is 0.493 e. The second-order valence-electron chi connectivity index (χ2n) is 10.2. The predicted molar refractivity (Wildman–Crippen MR) is 136 cm³/mol. The van der Waals surface area contributed by atoms with Gasteiger partial charge in [-0.25, -0.2) is 14.0 Å². The summed E-state index contributed by atoms with van der Waals surface area (Å²) in [5.41, 5.74) is 0.0668. The maximum Gasteiger partial charge on any atom is 0.325 e. The first-order chi connectivity index (χ1) is 18.8. The molecule has 0 aromatic heterocycles. The number of anilines is 1. The minimum Gasteiger partial charge on any atom is -0.493 e. The molecule has 1 saturated carbocycles. The van der Waals surface area contributed by atoms with Crippen LogP contribution in [-0.2, 0) is 21.7 Å². The molecule has 1 unspecified atom stereocenters. The number of halogens is 1. The normalized spacial score (nSPS) is 23.7. The first kappa shape index (κ1) is 25.0. The van der Waals surface area contributed by atoms with E-state index >= 15 is 0 Å². The van der Waals surface area contributed by atoms with Gasteiger partial charge in [-0.3, -0.25) is 14.5 Å². The van der Waals surface area contributed by atoms with Crippen LogP contribution in [0.3, 0.4) is 0 Å². The minimum atomic E-state index is -1.38. The van der Waals surface area contributed by atoms with Crippen LogP contribution in [0.1, 0.15) is 30.4 Å². The van der Waals surface area contributed by atoms with E-state index in [1.165, 1.54) is 19.2 Å². The van der Waals surface area contributed by atoms with E-state index in [1.54, 1.807) is 29.2 Å². The van der Waals surface area contributed by atoms with Gasteiger partial charge in [0.25, 0.3) is 5.91 Å². The second-order valence-corrected chi connectivity index (χ2v) is 10.2. The standard InChI is InChI=1S/C27H28FN5O6/c1-29-25(36)30-18-5-6-19-22(11-18)38-9-8-27(19)24(35)33(26(37)31-27)13-23(34)32-12-16-10-17(28)4-7-21(16)39-14-20(32)15-2-3-15/h4-7,10-11,15,20H,2-3,8-9,12-14H2,1H3,(H,31,37)(H2,29,30,36)/t20-,27?/m0/s1. The van der Waals surface area contributed by atoms with Crippen LogP contribution in [0.15, 0.2) is 36.4 Å². The average molecular weight is 538 g/mol. The molecule has 2 fully saturated rings. The Kier molecular flexibility index (Phi) is 6.04. The highest BCUT2D eigenvalue weighted by atomic mass is 19.1. The van der Waals surface area contributed by atoms with E-state index in [1.807, 2.05) is 0 Å². The molecule has 3 aliphatic heterocycles. The molecule has 1 aliphatic carbocycles. The fraction of sp³-hybridized carbons (Fsp3) is 0.407. The van der Waals surface area contributed by atoms with Crippen molar-refractivity contribution in [2.75, 3.05) is 32.1 Å². The summed E-state index contributed by atoms with van der Waals surface area (Å²) >= 11 is 0. The number of carbonyl (C=O) groups excluding carboxylic acids is 4. The highest BCUT2D eigenvalue weighted by Gasteiger charge is 2.55. The first-order valence-electron chi connectivity index (χ1n) is 12.9. The number of imide groups is 1. The summed E-state index contributed by atoms with van der Waals surface area (Å²) in [5.74, 6) is -0.257. The van der Waals surface area contributed by atoms with Crippen molar-refractivity contribution in [2.24, 2.45) is 5.92 Å². The zero-order chi connectivity index (χ0) is 27.3. The highest BCUT2D eigenvalue weighted by Crippen LogP contribution is 2.43. The Morgan fingerprint density at radius 1 is 1.13 bits per heavy atom. The fourth-order valence-electron chi connectivity index (χ4n) is 5.59. The van der Waals surface area contributed by atoms with Gasteiger partial charge in [0.1, 0.15) is 30.5 Å². The number of amides is 6. The number of hydrogen-bond acceptors (Lipinski definition) is 6. The lowest BCUT2D eigenvalue weighted by Crippen LogP contribution is -2.50. The lowest BCUT2D eigenvalue weighted by Gasteiger charge is -2.34. The van der Waals surface area contributed by atoms with Crippen LogP contribution in [-0.4, -0.2) is 66.5 Å². The molecule has 39 heavy (non-hydrogen) atoms. The van der Waals surface area contributed by atoms with Crippen molar-refractivity contribution in [3.63, 3.8) is 0 Å². The quantitative estimate of drug-likeness (QED) is 0.514. The molecule has 6 rings (SSSR count). The first-order valence-corrected chi connectivity index (χ1v) is 12.9. The Labute approximate surface area is 223 Å². The van der Waals surface area contributed by atoms with Crippen molar-refractivity contribution < 1.29 is 33.0 Å². The fourth-order valence-corrected chi connectivity index (χ4v) is 5.59. The van der Waals surface area contributed by atoms with Crippen LogP contribution < -0.4 is 25.4 Å². The molecule has 2 aromatic carbocycles. The average Bonchev–Trinajstić information content (AvgIpc) is 3.74. The molecule has 3 N–H and O–H groups in total. The Morgan fingerprint density at radius 2 is 1.95 bits per heavy atom. The number of carbonyl (C=O) groups is 4. The zero-order valence-electron chi connectivity index (χ0n) is 21.3. The Hall–Kier alpha value is -4.35. The molecule has 0 radical (unpaired) electrons. The third-order valence-electron chi connectivity index (χ3n) is 7.79. The van der Waals surface area contributed by atoms with Crippen LogP contribution >= 0.6 is 0 Å². The van der Waals surface area contributed by atoms with Crippen LogP contribution in [0, 0.1) is 11.7 Å². The van der Waals surface area contributed by atoms with Crippen LogP contribution in [0.4, 0.5) is 19.7 Å². The van der Waals surface area contributed by atoms with Crippen molar-refractivity contribution in [2.45, 2.75) is 37.4 Å². The van der Waals surface area contributed by atoms with Gasteiger partial charge in [-0.1, -0.05) is 6.07 Å². The van der Waals surface area contributed by atoms with Gasteiger partial charge in [0.05, 0.1) is 12.6 Å². The van der Waals surface area contributed by atoms with Gasteiger partial charge in [-0.15, -0.1) is 0 Å². The summed E-state index contributed by atoms with van der Waals surface area (Å²) in [6.45, 7) is 0.0858. The van der Waals surface area contributed by atoms with E-state index in [-0.39, 0.29) is 38.1 Å². The minimum absolute atomic E-state index is 0.125. The molecule has 2 aromatic rings. The summed E-state index contributed by atoms with van der Waals surface area (Å²) < 4.78 is 25.7. The summed E-state index contributed by atoms with van der Waals surface area (Å²) in [7, 11) is 1.49. The smallest absolute Gasteiger partial charge is 0.325 e. The molecule has 1 spiro atoms. The van der Waals surface area contributed by atoms with Crippen LogP contribution in [0.2, 0.25) is 0 Å². The van der Waals surface area contributed by atoms with Gasteiger partial charge in [-0.05, 0) is 43.0 Å². The highest BCUT2D eigenvalue weighted by molar-refractivity contribution is 6.10. The number of ether oxygens (including phenoxy) is 2. The third-order valence-corrected chi connectivity index (χ3v) is 7.79. The van der Waals surface area contributed by atoms with Crippen molar-refractivity contribution in [1.29, 1.82) is 0 Å². The molecule has 3 heterocycles. The number of benzene rings is 2. The molecule has 12 heteroatoms. The van der Waals surface area contributed by atoms with Crippen molar-refractivity contribution >= 4 is 29.6 Å². The van der Waals surface area contributed by atoms with Gasteiger partial charge >= 0.3 is 12.1 Å². The number of fused-ring (bicyclic) bond motifs is 3. The maximum atomic E-state index is 14.0. The van der Waals surface area contributed by atoms with Gasteiger partial charge in [0.2, 0.25) is 5.91 Å². The van der Waals surface area contributed by atoms with Gasteiger partial charge in [0, 0.05) is 42.9 Å². The molecular formula is C27H28FN5O6. The summed E-state index contributed by atoms with van der Waals surface area (Å²) in [6, 6.07) is 7.74. The molecule has 6 amide bonds. The topological polar surface area (TPSA) is 129 Å². The lowest BCUT2D eigenvalue weighted by molar-refractivity contribution is -0.141. The van der Waals surface area contributed by atoms with Gasteiger partial charge < -0.3 is 30.3 Å². The monoisotopic (exact) mass is 537 g/mol. The molecule has 2 atom stereocenters. The van der Waals surface area contributed by atoms with E-state index in [2.05, 4.69) is 16.0 Å². The molecule has 1 saturated heterocycles. The Morgan fingerprint density at radius 3 is 2.72 bits per heavy atom. The Bertz CT molecular complexity index is 1380. The number of nitrogens with zero attached hydrogens (tertiary/aromatic N) is 2. The molecular weight excluding hydrogens is 509 g/mol. The molecule has 0 bridgehead atoms. The Balaban J connectivity index is 1.25. The molecule has 4 aliphatic rings. The van der Waals surface area contributed by atoms with Crippen molar-refractivity contribution in [3.05, 3.63) is 53.3 Å². The van der Waals surface area contributed by atoms with E-state index < -0.39 is 41.8 Å². The van der Waals surface area contributed by atoms with Gasteiger partial charge in [-0.2, -0.15) is 0 Å². The predicted octanol–water partition coefficient (Wildman–Crippen LogP) is 2.31. The van der Waals surface area contributed by atoms with E-state index in [9.17, 15) is 23.6 Å². The van der Waals surface area contributed by atoms with Gasteiger partial charge in [0.15, 0.2) is 5.54 Å². The molecule has 11 nitrogen and oxygen atoms in total. The van der Waals surface area contributed by atoms with Crippen LogP contribution in [0.25, 0.3) is 0 Å². The zero-order valence-corrected chi connectivity index (χ0v) is 21.3. The second kappa shape index (κ2) is 9.44. The lowest BCUT2D eigenvalue weighted by atomic mass is 9.84. The number of urea groups is 2.